The third-order valence-electron chi connectivity index (χ3n) is 4.46. The minimum atomic E-state index is 0.0302. The number of nitrogens with one attached hydrogen (secondary N) is 1. The fourth-order valence-corrected chi connectivity index (χ4v) is 3.94. The van der Waals surface area contributed by atoms with E-state index in [1.807, 2.05) is 35.7 Å². The summed E-state index contributed by atoms with van der Waals surface area (Å²) in [5, 5.41) is 5.89. The van der Waals surface area contributed by atoms with Gasteiger partial charge >= 0.3 is 0 Å². The highest BCUT2D eigenvalue weighted by molar-refractivity contribution is 7.13. The molecule has 1 aromatic heterocycles. The van der Waals surface area contributed by atoms with Gasteiger partial charge in [-0.15, -0.1) is 11.3 Å². The summed E-state index contributed by atoms with van der Waals surface area (Å²) in [4.78, 5) is 16.6. The van der Waals surface area contributed by atoms with E-state index in [1.54, 1.807) is 11.3 Å². The zero-order valence-corrected chi connectivity index (χ0v) is 15.4. The van der Waals surface area contributed by atoms with E-state index < -0.39 is 0 Å². The Bertz CT molecular complexity index is 651. The molecule has 25 heavy (non-hydrogen) atoms. The van der Waals surface area contributed by atoms with Crippen molar-refractivity contribution in [3.05, 3.63) is 41.4 Å². The van der Waals surface area contributed by atoms with Crippen LogP contribution >= 0.6 is 11.3 Å². The minimum Gasteiger partial charge on any atom is -0.378 e. The Kier molecular flexibility index (Phi) is 7.00. The number of ether oxygens (including phenoxy) is 1. The highest BCUT2D eigenvalue weighted by Gasteiger charge is 2.13. The van der Waals surface area contributed by atoms with Gasteiger partial charge in [-0.05, 0) is 19.3 Å². The van der Waals surface area contributed by atoms with Crippen LogP contribution in [0.1, 0.15) is 44.2 Å². The van der Waals surface area contributed by atoms with Crippen LogP contribution in [-0.2, 0) is 16.0 Å². The SMILES string of the molecule is O=C(Cc1csc(-c2ccccc2)n1)NCCCOC1CCCCC1. The molecule has 1 heterocycles. The van der Waals surface area contributed by atoms with Crippen molar-refractivity contribution in [3.8, 4) is 10.6 Å². The molecule has 0 bridgehead atoms. The van der Waals surface area contributed by atoms with Gasteiger partial charge < -0.3 is 10.1 Å². The summed E-state index contributed by atoms with van der Waals surface area (Å²) in [7, 11) is 0. The second kappa shape index (κ2) is 9.68. The summed E-state index contributed by atoms with van der Waals surface area (Å²) in [6.07, 6.45) is 7.97. The molecule has 0 spiro atoms. The maximum Gasteiger partial charge on any atom is 0.226 e. The van der Waals surface area contributed by atoms with Crippen molar-refractivity contribution in [3.63, 3.8) is 0 Å². The molecule has 2 aromatic rings. The highest BCUT2D eigenvalue weighted by Crippen LogP contribution is 2.23. The van der Waals surface area contributed by atoms with Gasteiger partial charge in [-0.2, -0.15) is 0 Å². The highest BCUT2D eigenvalue weighted by atomic mass is 32.1. The largest absolute Gasteiger partial charge is 0.378 e. The fraction of sp³-hybridized carbons (Fsp3) is 0.500. The zero-order chi connectivity index (χ0) is 17.3. The molecule has 1 fully saturated rings. The average Bonchev–Trinajstić information content (AvgIpc) is 3.11. The van der Waals surface area contributed by atoms with Gasteiger partial charge in [0, 0.05) is 24.1 Å². The molecule has 1 aromatic carbocycles. The third-order valence-corrected chi connectivity index (χ3v) is 5.40. The molecule has 0 unspecified atom stereocenters. The van der Waals surface area contributed by atoms with Gasteiger partial charge in [-0.25, -0.2) is 4.98 Å². The van der Waals surface area contributed by atoms with Gasteiger partial charge in [-0.3, -0.25) is 4.79 Å². The molecule has 4 nitrogen and oxygen atoms in total. The maximum absolute atomic E-state index is 12.0. The van der Waals surface area contributed by atoms with Crippen LogP contribution in [0.5, 0.6) is 0 Å². The van der Waals surface area contributed by atoms with Crippen LogP contribution < -0.4 is 5.32 Å². The van der Waals surface area contributed by atoms with E-state index in [9.17, 15) is 4.79 Å². The summed E-state index contributed by atoms with van der Waals surface area (Å²) in [5.41, 5.74) is 1.93. The van der Waals surface area contributed by atoms with Crippen LogP contribution in [0.25, 0.3) is 10.6 Å². The molecule has 5 heteroatoms. The van der Waals surface area contributed by atoms with Gasteiger partial charge in [-0.1, -0.05) is 49.6 Å². The standard InChI is InChI=1S/C20H26N2O2S/c23-19(21-12-7-13-24-18-10-5-2-6-11-18)14-17-15-25-20(22-17)16-8-3-1-4-9-16/h1,3-4,8-9,15,18H,2,5-7,10-14H2,(H,21,23). The summed E-state index contributed by atoms with van der Waals surface area (Å²) < 4.78 is 5.87. The molecule has 0 atom stereocenters. The minimum absolute atomic E-state index is 0.0302. The fourth-order valence-electron chi connectivity index (χ4n) is 3.11. The molecular formula is C20H26N2O2S. The van der Waals surface area contributed by atoms with Crippen molar-refractivity contribution in [2.75, 3.05) is 13.2 Å². The van der Waals surface area contributed by atoms with Gasteiger partial charge in [0.1, 0.15) is 5.01 Å². The first-order valence-corrected chi connectivity index (χ1v) is 10.1. The molecule has 0 aliphatic heterocycles. The van der Waals surface area contributed by atoms with Crippen molar-refractivity contribution in [2.24, 2.45) is 0 Å². The summed E-state index contributed by atoms with van der Waals surface area (Å²) in [6, 6.07) is 10.1. The first kappa shape index (κ1) is 18.1. The second-order valence-electron chi connectivity index (χ2n) is 6.52. The van der Waals surface area contributed by atoms with Gasteiger partial charge in [0.15, 0.2) is 0 Å². The number of amides is 1. The van der Waals surface area contributed by atoms with E-state index in [0.717, 1.165) is 29.3 Å². The molecule has 1 aliphatic carbocycles. The van der Waals surface area contributed by atoms with Crippen LogP contribution in [0, 0.1) is 0 Å². The number of aromatic nitrogens is 1. The molecule has 1 amide bonds. The lowest BCUT2D eigenvalue weighted by molar-refractivity contribution is -0.120. The number of carbonyl (C=O) groups is 1. The van der Waals surface area contributed by atoms with Gasteiger partial charge in [0.25, 0.3) is 0 Å². The molecule has 0 saturated heterocycles. The Morgan fingerprint density at radius 2 is 2.00 bits per heavy atom. The Morgan fingerprint density at radius 1 is 1.20 bits per heavy atom. The summed E-state index contributed by atoms with van der Waals surface area (Å²) in [6.45, 7) is 1.40. The Labute approximate surface area is 153 Å². The average molecular weight is 359 g/mol. The molecular weight excluding hydrogens is 332 g/mol. The monoisotopic (exact) mass is 358 g/mol. The number of hydrogen-bond donors (Lipinski definition) is 1. The molecule has 0 radical (unpaired) electrons. The smallest absolute Gasteiger partial charge is 0.226 e. The number of benzene rings is 1. The topological polar surface area (TPSA) is 51.2 Å². The summed E-state index contributed by atoms with van der Waals surface area (Å²) in [5.74, 6) is 0.0302. The van der Waals surface area contributed by atoms with Crippen LogP contribution in [0.4, 0.5) is 0 Å². The van der Waals surface area contributed by atoms with Crippen molar-refractivity contribution in [2.45, 2.75) is 51.0 Å². The lowest BCUT2D eigenvalue weighted by atomic mass is 9.98. The van der Waals surface area contributed by atoms with Crippen LogP contribution in [0.2, 0.25) is 0 Å². The van der Waals surface area contributed by atoms with Crippen molar-refractivity contribution < 1.29 is 9.53 Å². The number of thiazole rings is 1. The number of hydrogen-bond acceptors (Lipinski definition) is 4. The first-order valence-electron chi connectivity index (χ1n) is 9.19. The van der Waals surface area contributed by atoms with E-state index in [-0.39, 0.29) is 5.91 Å². The van der Waals surface area contributed by atoms with E-state index in [4.69, 9.17) is 4.74 Å². The van der Waals surface area contributed by atoms with Crippen molar-refractivity contribution in [1.29, 1.82) is 0 Å². The Morgan fingerprint density at radius 3 is 2.80 bits per heavy atom. The lowest BCUT2D eigenvalue weighted by Gasteiger charge is -2.21. The predicted octanol–water partition coefficient (Wildman–Crippen LogP) is 4.21. The number of rotatable bonds is 8. The van der Waals surface area contributed by atoms with Crippen LogP contribution in [0.3, 0.4) is 0 Å². The number of nitrogens with zero attached hydrogens (tertiary/aromatic N) is 1. The first-order chi connectivity index (χ1) is 12.3. The van der Waals surface area contributed by atoms with Crippen LogP contribution in [0.15, 0.2) is 35.7 Å². The Hall–Kier alpha value is -1.72. The Balaban J connectivity index is 1.33. The van der Waals surface area contributed by atoms with Crippen molar-refractivity contribution in [1.82, 2.24) is 10.3 Å². The van der Waals surface area contributed by atoms with E-state index in [0.29, 0.717) is 19.1 Å². The van der Waals surface area contributed by atoms with E-state index in [1.165, 1.54) is 32.1 Å². The van der Waals surface area contributed by atoms with E-state index >= 15 is 0 Å². The number of carbonyl (C=O) groups excluding carboxylic acids is 1. The third kappa shape index (κ3) is 5.94. The zero-order valence-electron chi connectivity index (χ0n) is 14.6. The van der Waals surface area contributed by atoms with Crippen LogP contribution in [-0.4, -0.2) is 30.1 Å². The molecule has 134 valence electrons. The normalized spacial score (nSPS) is 15.2. The molecule has 1 saturated carbocycles. The second-order valence-corrected chi connectivity index (χ2v) is 7.38. The summed E-state index contributed by atoms with van der Waals surface area (Å²) >= 11 is 1.58. The molecule has 1 aliphatic rings. The maximum atomic E-state index is 12.0. The quantitative estimate of drug-likeness (QED) is 0.719. The molecule has 1 N–H and O–H groups in total. The predicted molar refractivity (Wildman–Crippen MR) is 102 cm³/mol. The van der Waals surface area contributed by atoms with Gasteiger partial charge in [0.05, 0.1) is 18.2 Å². The lowest BCUT2D eigenvalue weighted by Crippen LogP contribution is -2.27. The van der Waals surface area contributed by atoms with E-state index in [2.05, 4.69) is 10.3 Å². The molecule has 3 rings (SSSR count). The van der Waals surface area contributed by atoms with Gasteiger partial charge in [0.2, 0.25) is 5.91 Å². The van der Waals surface area contributed by atoms with Crippen molar-refractivity contribution >= 4 is 17.2 Å².